The lowest BCUT2D eigenvalue weighted by Gasteiger charge is -2.08. The van der Waals surface area contributed by atoms with Crippen LogP contribution < -0.4 is 5.73 Å². The van der Waals surface area contributed by atoms with Gasteiger partial charge in [-0.25, -0.2) is 9.37 Å². The number of halogens is 1. The van der Waals surface area contributed by atoms with E-state index < -0.39 is 0 Å². The number of nitrogens with two attached hydrogens (primary N) is 1. The fourth-order valence-electron chi connectivity index (χ4n) is 2.81. The fraction of sp³-hybridized carbons (Fsp3) is 0.263. The summed E-state index contributed by atoms with van der Waals surface area (Å²) in [6, 6.07) is 12.2. The van der Waals surface area contributed by atoms with Crippen LogP contribution in [-0.2, 0) is 13.1 Å². The van der Waals surface area contributed by atoms with Gasteiger partial charge >= 0.3 is 0 Å². The van der Waals surface area contributed by atoms with Crippen LogP contribution in [0, 0.1) is 11.7 Å². The van der Waals surface area contributed by atoms with Gasteiger partial charge in [-0.15, -0.1) is 0 Å². The van der Waals surface area contributed by atoms with Gasteiger partial charge in [0.05, 0.1) is 11.4 Å². The molecule has 0 aliphatic heterocycles. The van der Waals surface area contributed by atoms with E-state index in [9.17, 15) is 4.39 Å². The quantitative estimate of drug-likeness (QED) is 0.780. The number of aromatic nitrogens is 3. The van der Waals surface area contributed by atoms with Crippen molar-refractivity contribution in [3.8, 4) is 22.6 Å². The average Bonchev–Trinajstić information content (AvgIpc) is 3.30. The molecule has 2 aromatic heterocycles. The first-order valence-corrected chi connectivity index (χ1v) is 8.22. The van der Waals surface area contributed by atoms with E-state index in [0.717, 1.165) is 40.7 Å². The Morgan fingerprint density at radius 3 is 2.54 bits per heavy atom. The van der Waals surface area contributed by atoms with Gasteiger partial charge in [0.15, 0.2) is 0 Å². The molecule has 122 valence electrons. The van der Waals surface area contributed by atoms with Gasteiger partial charge in [-0.3, -0.25) is 4.68 Å². The van der Waals surface area contributed by atoms with Crippen molar-refractivity contribution in [2.24, 2.45) is 11.7 Å². The van der Waals surface area contributed by atoms with E-state index in [4.69, 9.17) is 10.7 Å². The first kappa shape index (κ1) is 15.0. The van der Waals surface area contributed by atoms with Gasteiger partial charge in [-0.05, 0) is 60.7 Å². The highest BCUT2D eigenvalue weighted by Crippen LogP contribution is 2.31. The highest BCUT2D eigenvalue weighted by Gasteiger charge is 2.22. The zero-order valence-corrected chi connectivity index (χ0v) is 13.3. The summed E-state index contributed by atoms with van der Waals surface area (Å²) >= 11 is 0. The van der Waals surface area contributed by atoms with Gasteiger partial charge < -0.3 is 5.73 Å². The summed E-state index contributed by atoms with van der Waals surface area (Å²) < 4.78 is 15.1. The molecule has 0 radical (unpaired) electrons. The first-order chi connectivity index (χ1) is 11.7. The Morgan fingerprint density at radius 1 is 1.04 bits per heavy atom. The Labute approximate surface area is 140 Å². The highest BCUT2D eigenvalue weighted by atomic mass is 19.1. The minimum atomic E-state index is -0.253. The van der Waals surface area contributed by atoms with Crippen molar-refractivity contribution >= 4 is 0 Å². The molecule has 0 spiro atoms. The lowest BCUT2D eigenvalue weighted by Crippen LogP contribution is -2.04. The molecule has 0 saturated heterocycles. The Hall–Kier alpha value is -2.53. The Balaban J connectivity index is 1.71. The molecule has 0 atom stereocenters. The summed E-state index contributed by atoms with van der Waals surface area (Å²) in [7, 11) is 0. The third kappa shape index (κ3) is 3.08. The molecule has 1 aliphatic carbocycles. The second kappa shape index (κ2) is 6.17. The van der Waals surface area contributed by atoms with E-state index in [-0.39, 0.29) is 5.82 Å². The van der Waals surface area contributed by atoms with Crippen molar-refractivity contribution in [1.82, 2.24) is 14.8 Å². The zero-order valence-electron chi connectivity index (χ0n) is 13.3. The molecule has 1 fully saturated rings. The van der Waals surface area contributed by atoms with Crippen molar-refractivity contribution in [1.29, 1.82) is 0 Å². The largest absolute Gasteiger partial charge is 0.326 e. The third-order valence-electron chi connectivity index (χ3n) is 4.36. The van der Waals surface area contributed by atoms with Crippen LogP contribution in [0.15, 0.2) is 48.7 Å². The van der Waals surface area contributed by atoms with Crippen LogP contribution in [0.4, 0.5) is 4.39 Å². The minimum Gasteiger partial charge on any atom is -0.326 e. The molecule has 3 aromatic rings. The molecule has 1 aliphatic rings. The number of hydrogen-bond donors (Lipinski definition) is 1. The standard InChI is InChI=1S/C19H19FN4/c20-16-6-3-14(4-7-16)17-8-5-15(11-21)19(22-17)18-9-10-24(23-18)12-13-1-2-13/h3-10,13H,1-2,11-12,21H2. The molecule has 24 heavy (non-hydrogen) atoms. The number of benzene rings is 1. The molecular formula is C19H19FN4. The first-order valence-electron chi connectivity index (χ1n) is 8.22. The Kier molecular flexibility index (Phi) is 3.86. The van der Waals surface area contributed by atoms with Crippen LogP contribution in [0.2, 0.25) is 0 Å². The van der Waals surface area contributed by atoms with Crippen molar-refractivity contribution in [3.05, 3.63) is 60.0 Å². The minimum absolute atomic E-state index is 0.253. The van der Waals surface area contributed by atoms with E-state index >= 15 is 0 Å². The van der Waals surface area contributed by atoms with E-state index in [1.165, 1.54) is 25.0 Å². The van der Waals surface area contributed by atoms with Gasteiger partial charge in [0, 0.05) is 24.8 Å². The molecule has 1 aromatic carbocycles. The van der Waals surface area contributed by atoms with Crippen molar-refractivity contribution in [3.63, 3.8) is 0 Å². The SMILES string of the molecule is NCc1ccc(-c2ccc(F)cc2)nc1-c1ccn(CC2CC2)n1. The molecule has 2 heterocycles. The number of hydrogen-bond acceptors (Lipinski definition) is 3. The average molecular weight is 322 g/mol. The number of rotatable bonds is 5. The maximum Gasteiger partial charge on any atom is 0.123 e. The van der Waals surface area contributed by atoms with Gasteiger partial charge in [0.25, 0.3) is 0 Å². The molecule has 4 rings (SSSR count). The second-order valence-electron chi connectivity index (χ2n) is 6.28. The predicted molar refractivity (Wildman–Crippen MR) is 91.5 cm³/mol. The topological polar surface area (TPSA) is 56.7 Å². The molecule has 0 unspecified atom stereocenters. The lowest BCUT2D eigenvalue weighted by atomic mass is 10.1. The smallest absolute Gasteiger partial charge is 0.123 e. The molecule has 0 amide bonds. The number of pyridine rings is 1. The van der Waals surface area contributed by atoms with Gasteiger partial charge in [-0.2, -0.15) is 5.10 Å². The Morgan fingerprint density at radius 2 is 1.83 bits per heavy atom. The lowest BCUT2D eigenvalue weighted by molar-refractivity contribution is 0.564. The summed E-state index contributed by atoms with van der Waals surface area (Å²) in [4.78, 5) is 4.74. The molecule has 2 N–H and O–H groups in total. The van der Waals surface area contributed by atoms with Gasteiger partial charge in [0.1, 0.15) is 11.5 Å². The number of nitrogens with zero attached hydrogens (tertiary/aromatic N) is 3. The van der Waals surface area contributed by atoms with Crippen LogP contribution in [0.3, 0.4) is 0 Å². The maximum absolute atomic E-state index is 13.1. The van der Waals surface area contributed by atoms with Crippen LogP contribution in [0.5, 0.6) is 0 Å². The summed E-state index contributed by atoms with van der Waals surface area (Å²) in [6.07, 6.45) is 4.59. The van der Waals surface area contributed by atoms with E-state index in [0.29, 0.717) is 6.54 Å². The third-order valence-corrected chi connectivity index (χ3v) is 4.36. The molecule has 0 bridgehead atoms. The van der Waals surface area contributed by atoms with Crippen molar-refractivity contribution in [2.75, 3.05) is 0 Å². The van der Waals surface area contributed by atoms with Crippen LogP contribution in [0.1, 0.15) is 18.4 Å². The predicted octanol–water partition coefficient (Wildman–Crippen LogP) is 3.62. The molecular weight excluding hydrogens is 303 g/mol. The van der Waals surface area contributed by atoms with E-state index in [2.05, 4.69) is 5.10 Å². The summed E-state index contributed by atoms with van der Waals surface area (Å²) in [5.41, 5.74) is 10.1. The highest BCUT2D eigenvalue weighted by molar-refractivity contribution is 5.66. The van der Waals surface area contributed by atoms with E-state index in [1.807, 2.05) is 29.1 Å². The Bertz CT molecular complexity index is 850. The molecule has 4 nitrogen and oxygen atoms in total. The zero-order chi connectivity index (χ0) is 16.5. The maximum atomic E-state index is 13.1. The van der Waals surface area contributed by atoms with Crippen LogP contribution in [0.25, 0.3) is 22.6 Å². The normalized spacial score (nSPS) is 14.1. The van der Waals surface area contributed by atoms with Gasteiger partial charge in [-0.1, -0.05) is 6.07 Å². The van der Waals surface area contributed by atoms with Gasteiger partial charge in [0.2, 0.25) is 0 Å². The summed E-state index contributed by atoms with van der Waals surface area (Å²) in [5.74, 6) is 0.515. The van der Waals surface area contributed by atoms with Crippen LogP contribution in [-0.4, -0.2) is 14.8 Å². The van der Waals surface area contributed by atoms with Crippen molar-refractivity contribution < 1.29 is 4.39 Å². The second-order valence-corrected chi connectivity index (χ2v) is 6.28. The fourth-order valence-corrected chi connectivity index (χ4v) is 2.81. The van der Waals surface area contributed by atoms with Crippen molar-refractivity contribution in [2.45, 2.75) is 25.9 Å². The molecule has 5 heteroatoms. The monoisotopic (exact) mass is 322 g/mol. The summed E-state index contributed by atoms with van der Waals surface area (Å²) in [5, 5.41) is 4.66. The van der Waals surface area contributed by atoms with Crippen LogP contribution >= 0.6 is 0 Å². The summed E-state index contributed by atoms with van der Waals surface area (Å²) in [6.45, 7) is 1.37. The molecule has 1 saturated carbocycles. The van der Waals surface area contributed by atoms with E-state index in [1.54, 1.807) is 12.1 Å².